The molecule has 184 valence electrons. The Morgan fingerprint density at radius 1 is 1.06 bits per heavy atom. The largest absolute Gasteiger partial charge is 0.394 e. The first-order chi connectivity index (χ1) is 17.0. The van der Waals surface area contributed by atoms with Crippen LogP contribution in [0.4, 0.5) is 5.69 Å². The van der Waals surface area contributed by atoms with Crippen molar-refractivity contribution in [2.45, 2.75) is 19.4 Å². The van der Waals surface area contributed by atoms with Crippen molar-refractivity contribution in [1.82, 2.24) is 14.8 Å². The van der Waals surface area contributed by atoms with Crippen molar-refractivity contribution in [1.29, 1.82) is 0 Å². The minimum Gasteiger partial charge on any atom is -0.394 e. The Kier molecular flexibility index (Phi) is 7.22. The lowest BCUT2D eigenvalue weighted by atomic mass is 10.1. The quantitative estimate of drug-likeness (QED) is 0.380. The van der Waals surface area contributed by atoms with Crippen LogP contribution in [0, 0.1) is 6.92 Å². The molecule has 1 aromatic heterocycles. The van der Waals surface area contributed by atoms with Crippen molar-refractivity contribution < 1.29 is 19.4 Å². The summed E-state index contributed by atoms with van der Waals surface area (Å²) in [6.07, 6.45) is 0.220. The van der Waals surface area contributed by atoms with E-state index in [1.807, 2.05) is 30.3 Å². The molecule has 1 atom stereocenters. The van der Waals surface area contributed by atoms with E-state index in [9.17, 15) is 9.59 Å². The molecule has 2 saturated heterocycles. The fourth-order valence-corrected chi connectivity index (χ4v) is 5.81. The second kappa shape index (κ2) is 10.5. The third-order valence-electron chi connectivity index (χ3n) is 6.67. The standard InChI is InChI=1S/C26H30N4O4S/c1-18-2-7-21-23(16-18)35-25(27-21)19-3-5-20(6-4-19)30-24(32)17-22(26(30)33)29-10-8-28(9-11-29)12-14-34-15-13-31/h2-7,16,22,31H,8-15,17H2,1H3. The molecule has 9 heteroatoms. The Hall–Kier alpha value is -2.69. The molecule has 0 aliphatic carbocycles. The molecule has 2 aliphatic rings. The van der Waals surface area contributed by atoms with Crippen LogP contribution >= 0.6 is 11.3 Å². The van der Waals surface area contributed by atoms with Gasteiger partial charge in [0.1, 0.15) is 5.01 Å². The van der Waals surface area contributed by atoms with E-state index in [0.717, 1.165) is 53.5 Å². The maximum absolute atomic E-state index is 13.2. The molecule has 1 N–H and O–H groups in total. The molecular formula is C26H30N4O4S. The Labute approximate surface area is 208 Å². The van der Waals surface area contributed by atoms with Crippen LogP contribution in [0.1, 0.15) is 12.0 Å². The smallest absolute Gasteiger partial charge is 0.251 e. The number of aromatic nitrogens is 1. The van der Waals surface area contributed by atoms with Crippen LogP contribution in [0.5, 0.6) is 0 Å². The SMILES string of the molecule is Cc1ccc2nc(-c3ccc(N4C(=O)CC(N5CCN(CCOCCO)CC5)C4=O)cc3)sc2c1. The van der Waals surface area contributed by atoms with E-state index in [4.69, 9.17) is 14.8 Å². The molecule has 3 heterocycles. The summed E-state index contributed by atoms with van der Waals surface area (Å²) in [5.74, 6) is -0.291. The van der Waals surface area contributed by atoms with Gasteiger partial charge in [-0.3, -0.25) is 19.4 Å². The number of anilines is 1. The minimum atomic E-state index is -0.400. The molecule has 3 aromatic rings. The zero-order valence-corrected chi connectivity index (χ0v) is 20.7. The highest BCUT2D eigenvalue weighted by atomic mass is 32.1. The van der Waals surface area contributed by atoms with Gasteiger partial charge in [-0.05, 0) is 48.9 Å². The molecule has 2 amide bonds. The highest BCUT2D eigenvalue weighted by molar-refractivity contribution is 7.21. The van der Waals surface area contributed by atoms with Gasteiger partial charge in [-0.1, -0.05) is 6.07 Å². The van der Waals surface area contributed by atoms with E-state index in [0.29, 0.717) is 18.9 Å². The average molecular weight is 495 g/mol. The first-order valence-electron chi connectivity index (χ1n) is 12.0. The van der Waals surface area contributed by atoms with Crippen molar-refractivity contribution in [3.63, 3.8) is 0 Å². The highest BCUT2D eigenvalue weighted by Crippen LogP contribution is 2.33. The van der Waals surface area contributed by atoms with Gasteiger partial charge in [0.2, 0.25) is 5.91 Å². The normalized spacial score (nSPS) is 19.8. The molecule has 0 saturated carbocycles. The van der Waals surface area contributed by atoms with Crippen molar-refractivity contribution in [3.05, 3.63) is 48.0 Å². The number of fused-ring (bicyclic) bond motifs is 1. The van der Waals surface area contributed by atoms with Crippen molar-refractivity contribution in [2.24, 2.45) is 0 Å². The number of imide groups is 1. The first-order valence-corrected chi connectivity index (χ1v) is 12.8. The number of aliphatic hydroxyl groups excluding tert-OH is 1. The van der Waals surface area contributed by atoms with E-state index in [2.05, 4.69) is 28.9 Å². The van der Waals surface area contributed by atoms with Crippen LogP contribution in [0.2, 0.25) is 0 Å². The van der Waals surface area contributed by atoms with E-state index in [1.54, 1.807) is 11.3 Å². The number of hydrogen-bond donors (Lipinski definition) is 1. The molecule has 1 unspecified atom stereocenters. The lowest BCUT2D eigenvalue weighted by Crippen LogP contribution is -2.53. The summed E-state index contributed by atoms with van der Waals surface area (Å²) in [4.78, 5) is 36.6. The Morgan fingerprint density at radius 3 is 2.57 bits per heavy atom. The lowest BCUT2D eigenvalue weighted by Gasteiger charge is -2.36. The second-order valence-electron chi connectivity index (χ2n) is 9.04. The summed E-state index contributed by atoms with van der Waals surface area (Å²) in [5, 5.41) is 9.72. The van der Waals surface area contributed by atoms with Crippen molar-refractivity contribution in [2.75, 3.05) is 57.4 Å². The molecule has 0 spiro atoms. The number of thiazole rings is 1. The van der Waals surface area contributed by atoms with Crippen LogP contribution in [-0.4, -0.2) is 90.3 Å². The third-order valence-corrected chi connectivity index (χ3v) is 7.74. The molecule has 2 aromatic carbocycles. The number of nitrogens with zero attached hydrogens (tertiary/aromatic N) is 4. The van der Waals surface area contributed by atoms with Crippen LogP contribution in [-0.2, 0) is 14.3 Å². The molecule has 2 aliphatic heterocycles. The van der Waals surface area contributed by atoms with Gasteiger partial charge in [-0.2, -0.15) is 0 Å². The van der Waals surface area contributed by atoms with Crippen molar-refractivity contribution in [3.8, 4) is 10.6 Å². The monoisotopic (exact) mass is 494 g/mol. The maximum Gasteiger partial charge on any atom is 0.251 e. The molecule has 35 heavy (non-hydrogen) atoms. The number of aliphatic hydroxyl groups is 1. The van der Waals surface area contributed by atoms with Gasteiger partial charge >= 0.3 is 0 Å². The summed E-state index contributed by atoms with van der Waals surface area (Å²) in [6.45, 7) is 7.00. The summed E-state index contributed by atoms with van der Waals surface area (Å²) in [6, 6.07) is 13.4. The van der Waals surface area contributed by atoms with E-state index in [-0.39, 0.29) is 24.8 Å². The number of amides is 2. The van der Waals surface area contributed by atoms with Crippen LogP contribution in [0.3, 0.4) is 0 Å². The summed E-state index contributed by atoms with van der Waals surface area (Å²) in [5.41, 5.74) is 3.77. The predicted molar refractivity (Wildman–Crippen MR) is 137 cm³/mol. The zero-order valence-electron chi connectivity index (χ0n) is 19.9. The fraction of sp³-hybridized carbons (Fsp3) is 0.423. The first kappa shape index (κ1) is 24.0. The van der Waals surface area contributed by atoms with Gasteiger partial charge in [0.05, 0.1) is 48.2 Å². The van der Waals surface area contributed by atoms with Gasteiger partial charge < -0.3 is 9.84 Å². The maximum atomic E-state index is 13.2. The van der Waals surface area contributed by atoms with Crippen LogP contribution in [0.15, 0.2) is 42.5 Å². The molecule has 0 radical (unpaired) electrons. The zero-order chi connectivity index (χ0) is 24.4. The third kappa shape index (κ3) is 5.14. The van der Waals surface area contributed by atoms with Gasteiger partial charge in [0.25, 0.3) is 5.91 Å². The summed E-state index contributed by atoms with van der Waals surface area (Å²) in [7, 11) is 0. The lowest BCUT2D eigenvalue weighted by molar-refractivity contribution is -0.123. The minimum absolute atomic E-state index is 0.0342. The highest BCUT2D eigenvalue weighted by Gasteiger charge is 2.43. The van der Waals surface area contributed by atoms with Crippen molar-refractivity contribution >= 4 is 39.1 Å². The Bertz CT molecular complexity index is 1200. The number of benzene rings is 2. The Morgan fingerprint density at radius 2 is 1.83 bits per heavy atom. The molecule has 8 nitrogen and oxygen atoms in total. The second-order valence-corrected chi connectivity index (χ2v) is 10.1. The predicted octanol–water partition coefficient (Wildman–Crippen LogP) is 2.53. The number of carbonyl (C=O) groups excluding carboxylic acids is 2. The van der Waals surface area contributed by atoms with E-state index < -0.39 is 6.04 Å². The van der Waals surface area contributed by atoms with Gasteiger partial charge in [0, 0.05) is 38.3 Å². The number of hydrogen-bond acceptors (Lipinski definition) is 8. The number of ether oxygens (including phenoxy) is 1. The van der Waals surface area contributed by atoms with E-state index >= 15 is 0 Å². The van der Waals surface area contributed by atoms with Crippen LogP contribution in [0.25, 0.3) is 20.8 Å². The molecule has 0 bridgehead atoms. The number of rotatable bonds is 8. The molecular weight excluding hydrogens is 464 g/mol. The van der Waals surface area contributed by atoms with Gasteiger partial charge in [-0.15, -0.1) is 11.3 Å². The topological polar surface area (TPSA) is 86.2 Å². The molecule has 2 fully saturated rings. The average Bonchev–Trinajstić information content (AvgIpc) is 3.42. The van der Waals surface area contributed by atoms with Crippen LogP contribution < -0.4 is 4.90 Å². The summed E-state index contributed by atoms with van der Waals surface area (Å²) < 4.78 is 6.50. The van der Waals surface area contributed by atoms with Gasteiger partial charge in [-0.25, -0.2) is 9.88 Å². The molecule has 5 rings (SSSR count). The fourth-order valence-electron chi connectivity index (χ4n) is 4.74. The number of aryl methyl sites for hydroxylation is 1. The van der Waals surface area contributed by atoms with Gasteiger partial charge in [0.15, 0.2) is 0 Å². The number of carbonyl (C=O) groups is 2. The summed E-state index contributed by atoms with van der Waals surface area (Å²) >= 11 is 1.64. The Balaban J connectivity index is 1.22. The van der Waals surface area contributed by atoms with E-state index in [1.165, 1.54) is 10.5 Å². The number of piperazine rings is 1.